The van der Waals surface area contributed by atoms with Crippen molar-refractivity contribution in [2.45, 2.75) is 41.5 Å². The average Bonchev–Trinajstić information content (AvgIpc) is 2.38. The predicted molar refractivity (Wildman–Crippen MR) is 86.8 cm³/mol. The van der Waals surface area contributed by atoms with Gasteiger partial charge in [0.1, 0.15) is 0 Å². The van der Waals surface area contributed by atoms with Gasteiger partial charge in [0.05, 0.1) is 6.61 Å². The SMILES string of the molecule is CCNc1nc(NCC(C(C)C)C(C)C)nc(OCC)n1. The zero-order valence-electron chi connectivity index (χ0n) is 14.1. The van der Waals surface area contributed by atoms with Gasteiger partial charge in [0.25, 0.3) is 0 Å². The lowest BCUT2D eigenvalue weighted by Crippen LogP contribution is -2.25. The van der Waals surface area contributed by atoms with Crippen molar-refractivity contribution in [2.75, 3.05) is 30.3 Å². The van der Waals surface area contributed by atoms with Gasteiger partial charge < -0.3 is 15.4 Å². The van der Waals surface area contributed by atoms with E-state index < -0.39 is 0 Å². The van der Waals surface area contributed by atoms with Crippen LogP contribution in [0, 0.1) is 17.8 Å². The molecule has 6 heteroatoms. The molecule has 2 N–H and O–H groups in total. The minimum Gasteiger partial charge on any atom is -0.464 e. The van der Waals surface area contributed by atoms with E-state index in [1.807, 2.05) is 13.8 Å². The second kappa shape index (κ2) is 8.64. The minimum atomic E-state index is 0.358. The fourth-order valence-electron chi connectivity index (χ4n) is 2.32. The van der Waals surface area contributed by atoms with Gasteiger partial charge in [-0.2, -0.15) is 15.0 Å². The van der Waals surface area contributed by atoms with Crippen LogP contribution in [0.3, 0.4) is 0 Å². The lowest BCUT2D eigenvalue weighted by atomic mass is 9.85. The summed E-state index contributed by atoms with van der Waals surface area (Å²) in [6.45, 7) is 15.0. The molecule has 1 aromatic heterocycles. The summed E-state index contributed by atoms with van der Waals surface area (Å²) in [4.78, 5) is 12.9. The van der Waals surface area contributed by atoms with Crippen molar-refractivity contribution >= 4 is 11.9 Å². The van der Waals surface area contributed by atoms with E-state index in [9.17, 15) is 0 Å². The van der Waals surface area contributed by atoms with Crippen LogP contribution in [-0.2, 0) is 0 Å². The van der Waals surface area contributed by atoms with Gasteiger partial charge in [-0.25, -0.2) is 0 Å². The van der Waals surface area contributed by atoms with Crippen LogP contribution in [0.25, 0.3) is 0 Å². The second-order valence-corrected chi connectivity index (χ2v) is 5.76. The quantitative estimate of drug-likeness (QED) is 0.729. The van der Waals surface area contributed by atoms with Gasteiger partial charge in [0.2, 0.25) is 11.9 Å². The van der Waals surface area contributed by atoms with Crippen molar-refractivity contribution in [3.8, 4) is 6.01 Å². The van der Waals surface area contributed by atoms with Crippen LogP contribution < -0.4 is 15.4 Å². The Hall–Kier alpha value is -1.59. The molecule has 6 nitrogen and oxygen atoms in total. The summed E-state index contributed by atoms with van der Waals surface area (Å²) in [6.07, 6.45) is 0. The molecule has 0 aliphatic carbocycles. The van der Waals surface area contributed by atoms with Crippen LogP contribution in [-0.4, -0.2) is 34.6 Å². The number of rotatable bonds is 9. The number of nitrogens with zero attached hydrogens (tertiary/aromatic N) is 3. The third kappa shape index (κ3) is 5.73. The van der Waals surface area contributed by atoms with Crippen molar-refractivity contribution in [2.24, 2.45) is 17.8 Å². The third-order valence-electron chi connectivity index (χ3n) is 3.43. The highest BCUT2D eigenvalue weighted by Crippen LogP contribution is 2.21. The molecule has 0 fully saturated rings. The molecular weight excluding hydrogens is 266 g/mol. The Morgan fingerprint density at radius 1 is 0.905 bits per heavy atom. The smallest absolute Gasteiger partial charge is 0.323 e. The molecule has 1 rings (SSSR count). The van der Waals surface area contributed by atoms with Crippen LogP contribution in [0.2, 0.25) is 0 Å². The molecule has 0 spiro atoms. The molecule has 0 radical (unpaired) electrons. The molecule has 1 aromatic rings. The topological polar surface area (TPSA) is 72.0 Å². The Bertz CT molecular complexity index is 390. The minimum absolute atomic E-state index is 0.358. The maximum Gasteiger partial charge on any atom is 0.323 e. The summed E-state index contributed by atoms with van der Waals surface area (Å²) in [7, 11) is 0. The van der Waals surface area contributed by atoms with Crippen LogP contribution >= 0.6 is 0 Å². The molecule has 0 aromatic carbocycles. The standard InChI is InChI=1S/C15H29N5O/c1-7-16-13-18-14(20-15(19-13)21-8-2)17-9-12(10(3)4)11(5)6/h10-12H,7-9H2,1-6H3,(H2,16,17,18,19,20). The maximum absolute atomic E-state index is 5.39. The van der Waals surface area contributed by atoms with E-state index in [2.05, 4.69) is 53.3 Å². The molecule has 0 unspecified atom stereocenters. The lowest BCUT2D eigenvalue weighted by Gasteiger charge is -2.25. The predicted octanol–water partition coefficient (Wildman–Crippen LogP) is 3.04. The summed E-state index contributed by atoms with van der Waals surface area (Å²) in [6, 6.07) is 0.358. The summed E-state index contributed by atoms with van der Waals surface area (Å²) in [5.41, 5.74) is 0. The summed E-state index contributed by atoms with van der Waals surface area (Å²) < 4.78 is 5.39. The molecule has 0 bridgehead atoms. The highest BCUT2D eigenvalue weighted by Gasteiger charge is 2.18. The van der Waals surface area contributed by atoms with E-state index in [4.69, 9.17) is 4.74 Å². The Labute approximate surface area is 128 Å². The van der Waals surface area contributed by atoms with Gasteiger partial charge >= 0.3 is 6.01 Å². The number of nitrogens with one attached hydrogen (secondary N) is 2. The summed E-state index contributed by atoms with van der Waals surface area (Å²) >= 11 is 0. The monoisotopic (exact) mass is 295 g/mol. The van der Waals surface area contributed by atoms with Crippen molar-refractivity contribution < 1.29 is 4.74 Å². The fraction of sp³-hybridized carbons (Fsp3) is 0.800. The first kappa shape index (κ1) is 17.5. The average molecular weight is 295 g/mol. The number of hydrogen-bond donors (Lipinski definition) is 2. The van der Waals surface area contributed by atoms with E-state index in [-0.39, 0.29) is 0 Å². The zero-order valence-corrected chi connectivity index (χ0v) is 14.1. The van der Waals surface area contributed by atoms with Crippen LogP contribution in [0.5, 0.6) is 6.01 Å². The number of ether oxygens (including phenoxy) is 1. The Kier molecular flexibility index (Phi) is 7.19. The van der Waals surface area contributed by atoms with E-state index in [1.54, 1.807) is 0 Å². The molecule has 0 aliphatic heterocycles. The van der Waals surface area contributed by atoms with Gasteiger partial charge in [0, 0.05) is 13.1 Å². The van der Waals surface area contributed by atoms with Crippen molar-refractivity contribution in [1.29, 1.82) is 0 Å². The number of hydrogen-bond acceptors (Lipinski definition) is 6. The van der Waals surface area contributed by atoms with Gasteiger partial charge in [-0.05, 0) is 31.6 Å². The Balaban J connectivity index is 2.80. The van der Waals surface area contributed by atoms with Crippen LogP contribution in [0.15, 0.2) is 0 Å². The molecule has 0 atom stereocenters. The number of anilines is 2. The Morgan fingerprint density at radius 2 is 1.48 bits per heavy atom. The molecule has 21 heavy (non-hydrogen) atoms. The third-order valence-corrected chi connectivity index (χ3v) is 3.43. The number of aromatic nitrogens is 3. The summed E-state index contributed by atoms with van der Waals surface area (Å²) in [5.74, 6) is 2.90. The molecule has 0 aliphatic rings. The molecule has 0 saturated heterocycles. The highest BCUT2D eigenvalue weighted by atomic mass is 16.5. The second-order valence-electron chi connectivity index (χ2n) is 5.76. The molecule has 1 heterocycles. The van der Waals surface area contributed by atoms with Crippen molar-refractivity contribution in [1.82, 2.24) is 15.0 Å². The Morgan fingerprint density at radius 3 is 1.95 bits per heavy atom. The molecule has 0 amide bonds. The molecule has 120 valence electrons. The molecule has 0 saturated carbocycles. The van der Waals surface area contributed by atoms with Gasteiger partial charge in [-0.1, -0.05) is 27.7 Å². The van der Waals surface area contributed by atoms with Crippen LogP contribution in [0.1, 0.15) is 41.5 Å². The van der Waals surface area contributed by atoms with Crippen LogP contribution in [0.4, 0.5) is 11.9 Å². The maximum atomic E-state index is 5.39. The summed E-state index contributed by atoms with van der Waals surface area (Å²) in [5, 5.41) is 6.42. The van der Waals surface area contributed by atoms with Gasteiger partial charge in [0.15, 0.2) is 0 Å². The normalized spacial score (nSPS) is 11.3. The van der Waals surface area contributed by atoms with E-state index in [0.29, 0.717) is 42.3 Å². The largest absolute Gasteiger partial charge is 0.464 e. The zero-order chi connectivity index (χ0) is 15.8. The van der Waals surface area contributed by atoms with Gasteiger partial charge in [-0.3, -0.25) is 0 Å². The van der Waals surface area contributed by atoms with Crippen molar-refractivity contribution in [3.63, 3.8) is 0 Å². The van der Waals surface area contributed by atoms with E-state index in [0.717, 1.165) is 13.1 Å². The first-order valence-electron chi connectivity index (χ1n) is 7.84. The highest BCUT2D eigenvalue weighted by molar-refractivity contribution is 5.35. The first-order chi connectivity index (χ1) is 9.97. The van der Waals surface area contributed by atoms with Crippen molar-refractivity contribution in [3.05, 3.63) is 0 Å². The molecular formula is C15H29N5O. The lowest BCUT2D eigenvalue weighted by molar-refractivity contribution is 0.302. The van der Waals surface area contributed by atoms with E-state index >= 15 is 0 Å². The fourth-order valence-corrected chi connectivity index (χ4v) is 2.32. The van der Waals surface area contributed by atoms with E-state index in [1.165, 1.54) is 0 Å². The van der Waals surface area contributed by atoms with Gasteiger partial charge in [-0.15, -0.1) is 0 Å². The first-order valence-corrected chi connectivity index (χ1v) is 7.84.